The van der Waals surface area contributed by atoms with Crippen molar-refractivity contribution in [2.75, 3.05) is 6.61 Å². The number of carbonyl (C=O) groups is 2. The van der Waals surface area contributed by atoms with Crippen LogP contribution in [0.4, 0.5) is 0 Å². The molecule has 0 unspecified atom stereocenters. The third-order valence-corrected chi connectivity index (χ3v) is 6.46. The third-order valence-electron chi connectivity index (χ3n) is 5.58. The number of ether oxygens (including phenoxy) is 1. The van der Waals surface area contributed by atoms with Crippen LogP contribution in [-0.4, -0.2) is 35.4 Å². The van der Waals surface area contributed by atoms with Crippen LogP contribution in [0.5, 0.6) is 5.75 Å². The molecule has 2 amide bonds. The van der Waals surface area contributed by atoms with Crippen molar-refractivity contribution in [1.82, 2.24) is 10.2 Å². The van der Waals surface area contributed by atoms with Crippen molar-refractivity contribution in [3.05, 3.63) is 63.1 Å². The Morgan fingerprint density at radius 3 is 2.30 bits per heavy atom. The number of carbonyl (C=O) groups excluding carboxylic acids is 2. The van der Waals surface area contributed by atoms with Crippen molar-refractivity contribution in [3.63, 3.8) is 0 Å². The van der Waals surface area contributed by atoms with Gasteiger partial charge >= 0.3 is 0 Å². The Hall–Kier alpha value is -2.05. The smallest absolute Gasteiger partial charge is 0.261 e. The molecule has 2 rings (SSSR count). The van der Waals surface area contributed by atoms with Gasteiger partial charge in [-0.3, -0.25) is 9.59 Å². The second-order valence-electron chi connectivity index (χ2n) is 9.33. The maximum atomic E-state index is 13.2. The summed E-state index contributed by atoms with van der Waals surface area (Å²) in [7, 11) is 0. The summed E-state index contributed by atoms with van der Waals surface area (Å²) in [5.41, 5.74) is 2.05. The third kappa shape index (κ3) is 8.04. The molecule has 1 N–H and O–H groups in total. The molecule has 0 aliphatic rings. The number of nitrogens with one attached hydrogen (secondary N) is 1. The Bertz CT molecular complexity index is 957. The van der Waals surface area contributed by atoms with Crippen LogP contribution in [0.1, 0.15) is 59.1 Å². The van der Waals surface area contributed by atoms with Crippen molar-refractivity contribution < 1.29 is 14.3 Å². The Kier molecular flexibility index (Phi) is 9.80. The second kappa shape index (κ2) is 11.9. The van der Waals surface area contributed by atoms with Crippen LogP contribution >= 0.6 is 27.5 Å². The van der Waals surface area contributed by atoms with Crippen molar-refractivity contribution in [1.29, 1.82) is 0 Å². The second-order valence-corrected chi connectivity index (χ2v) is 10.6. The largest absolute Gasteiger partial charge is 0.483 e. The van der Waals surface area contributed by atoms with Gasteiger partial charge in [0.05, 0.1) is 4.47 Å². The number of rotatable bonds is 9. The number of amides is 2. The van der Waals surface area contributed by atoms with E-state index in [1.165, 1.54) is 0 Å². The molecule has 0 fully saturated rings. The van der Waals surface area contributed by atoms with Crippen LogP contribution in [0.25, 0.3) is 0 Å². The molecule has 0 aromatic heterocycles. The van der Waals surface area contributed by atoms with Crippen LogP contribution in [0, 0.1) is 0 Å². The highest BCUT2D eigenvalue weighted by molar-refractivity contribution is 9.10. The summed E-state index contributed by atoms with van der Waals surface area (Å²) in [5.74, 6) is 0.116. The molecule has 5 nitrogen and oxygen atoms in total. The molecule has 33 heavy (non-hydrogen) atoms. The van der Waals surface area contributed by atoms with Gasteiger partial charge < -0.3 is 15.0 Å². The van der Waals surface area contributed by atoms with Crippen LogP contribution in [0.3, 0.4) is 0 Å². The predicted molar refractivity (Wildman–Crippen MR) is 138 cm³/mol. The van der Waals surface area contributed by atoms with E-state index in [1.807, 2.05) is 44.2 Å². The van der Waals surface area contributed by atoms with Gasteiger partial charge in [0.2, 0.25) is 5.91 Å². The summed E-state index contributed by atoms with van der Waals surface area (Å²) in [6.45, 7) is 12.2. The zero-order valence-electron chi connectivity index (χ0n) is 20.2. The Morgan fingerprint density at radius 1 is 1.12 bits per heavy atom. The quantitative estimate of drug-likeness (QED) is 0.420. The fourth-order valence-electron chi connectivity index (χ4n) is 3.14. The van der Waals surface area contributed by atoms with E-state index in [2.05, 4.69) is 42.0 Å². The highest BCUT2D eigenvalue weighted by Gasteiger charge is 2.27. The van der Waals surface area contributed by atoms with Gasteiger partial charge in [0, 0.05) is 17.6 Å². The van der Waals surface area contributed by atoms with Gasteiger partial charge in [-0.1, -0.05) is 57.5 Å². The van der Waals surface area contributed by atoms with Gasteiger partial charge in [-0.25, -0.2) is 0 Å². The Balaban J connectivity index is 2.18. The zero-order valence-corrected chi connectivity index (χ0v) is 22.6. The molecule has 0 saturated heterocycles. The lowest BCUT2D eigenvalue weighted by Crippen LogP contribution is -2.50. The number of halogens is 2. The molecule has 0 spiro atoms. The molecule has 2 aromatic carbocycles. The SMILES string of the molecule is CC[C@H](C)NC(=O)[C@@H](C)N(Cc1ccc(Cl)cc1)C(=O)COc1ccc(C(C)(C)C)cc1Br. The van der Waals surface area contributed by atoms with E-state index in [1.54, 1.807) is 24.0 Å². The summed E-state index contributed by atoms with van der Waals surface area (Å²) in [6, 6.07) is 12.5. The summed E-state index contributed by atoms with van der Waals surface area (Å²) in [4.78, 5) is 27.5. The van der Waals surface area contributed by atoms with Crippen LogP contribution in [0.2, 0.25) is 5.02 Å². The van der Waals surface area contributed by atoms with Gasteiger partial charge in [-0.15, -0.1) is 0 Å². The van der Waals surface area contributed by atoms with E-state index in [0.29, 0.717) is 10.8 Å². The van der Waals surface area contributed by atoms with E-state index in [-0.39, 0.29) is 36.4 Å². The molecule has 0 radical (unpaired) electrons. The highest BCUT2D eigenvalue weighted by Crippen LogP contribution is 2.31. The Morgan fingerprint density at radius 2 is 1.76 bits per heavy atom. The predicted octanol–water partition coefficient (Wildman–Crippen LogP) is 6.11. The molecular formula is C26H34BrClN2O3. The van der Waals surface area contributed by atoms with Crippen molar-refractivity contribution >= 4 is 39.3 Å². The lowest BCUT2D eigenvalue weighted by Gasteiger charge is -2.29. The summed E-state index contributed by atoms with van der Waals surface area (Å²) >= 11 is 9.55. The average molecular weight is 538 g/mol. The van der Waals surface area contributed by atoms with Crippen LogP contribution in [0.15, 0.2) is 46.9 Å². The van der Waals surface area contributed by atoms with Gasteiger partial charge in [-0.05, 0) is 77.0 Å². The minimum Gasteiger partial charge on any atom is -0.483 e. The molecule has 0 aliphatic carbocycles. The highest BCUT2D eigenvalue weighted by atomic mass is 79.9. The van der Waals surface area contributed by atoms with Crippen molar-refractivity contribution in [2.45, 2.75) is 72.0 Å². The van der Waals surface area contributed by atoms with Crippen molar-refractivity contribution in [2.24, 2.45) is 0 Å². The number of hydrogen-bond acceptors (Lipinski definition) is 3. The minimum atomic E-state index is -0.655. The topological polar surface area (TPSA) is 58.6 Å². The Labute approximate surface area is 211 Å². The maximum absolute atomic E-state index is 13.2. The van der Waals surface area contributed by atoms with E-state index >= 15 is 0 Å². The normalized spacial score (nSPS) is 13.2. The maximum Gasteiger partial charge on any atom is 0.261 e. The number of hydrogen-bond donors (Lipinski definition) is 1. The molecule has 0 saturated carbocycles. The average Bonchev–Trinajstić information content (AvgIpc) is 2.76. The zero-order chi connectivity index (χ0) is 24.8. The van der Waals surface area contributed by atoms with Gasteiger partial charge in [-0.2, -0.15) is 0 Å². The molecule has 0 heterocycles. The van der Waals surface area contributed by atoms with E-state index in [0.717, 1.165) is 22.0 Å². The van der Waals surface area contributed by atoms with Gasteiger partial charge in [0.1, 0.15) is 11.8 Å². The fraction of sp³-hybridized carbons (Fsp3) is 0.462. The molecule has 0 bridgehead atoms. The summed E-state index contributed by atoms with van der Waals surface area (Å²) in [5, 5.41) is 3.58. The van der Waals surface area contributed by atoms with Gasteiger partial charge in [0.15, 0.2) is 6.61 Å². The molecule has 2 atom stereocenters. The van der Waals surface area contributed by atoms with Gasteiger partial charge in [0.25, 0.3) is 5.91 Å². The monoisotopic (exact) mass is 536 g/mol. The first kappa shape index (κ1) is 27.2. The first-order valence-electron chi connectivity index (χ1n) is 11.2. The van der Waals surface area contributed by atoms with E-state index < -0.39 is 6.04 Å². The molecule has 180 valence electrons. The fourth-order valence-corrected chi connectivity index (χ4v) is 3.76. The molecule has 2 aromatic rings. The standard InChI is InChI=1S/C26H34BrClN2O3/c1-7-17(2)29-25(32)18(3)30(15-19-8-11-21(28)12-9-19)24(31)16-33-23-13-10-20(14-22(23)27)26(4,5)6/h8-14,17-18H,7,15-16H2,1-6H3,(H,29,32)/t17-,18+/m0/s1. The van der Waals surface area contributed by atoms with Crippen LogP contribution in [-0.2, 0) is 21.5 Å². The number of nitrogens with zero attached hydrogens (tertiary/aromatic N) is 1. The molecular weight excluding hydrogens is 504 g/mol. The first-order chi connectivity index (χ1) is 15.4. The molecule has 7 heteroatoms. The van der Waals surface area contributed by atoms with E-state index in [9.17, 15) is 9.59 Å². The lowest BCUT2D eigenvalue weighted by atomic mass is 9.87. The van der Waals surface area contributed by atoms with Crippen LogP contribution < -0.4 is 10.1 Å². The van der Waals surface area contributed by atoms with E-state index in [4.69, 9.17) is 16.3 Å². The lowest BCUT2D eigenvalue weighted by molar-refractivity contribution is -0.142. The molecule has 0 aliphatic heterocycles. The minimum absolute atomic E-state index is 0.00463. The number of benzene rings is 2. The summed E-state index contributed by atoms with van der Waals surface area (Å²) < 4.78 is 6.63. The van der Waals surface area contributed by atoms with Crippen molar-refractivity contribution in [3.8, 4) is 5.75 Å². The first-order valence-corrected chi connectivity index (χ1v) is 12.4. The summed E-state index contributed by atoms with van der Waals surface area (Å²) in [6.07, 6.45) is 0.811.